The van der Waals surface area contributed by atoms with E-state index in [1.54, 1.807) is 6.08 Å². The molecule has 228 valence electrons. The van der Waals surface area contributed by atoms with Gasteiger partial charge in [-0.3, -0.25) is 4.79 Å². The lowest BCUT2D eigenvalue weighted by molar-refractivity contribution is -0.168. The van der Waals surface area contributed by atoms with Crippen molar-refractivity contribution in [2.24, 2.45) is 17.8 Å². The molecule has 0 bridgehead atoms. The minimum atomic E-state index is -1.10. The van der Waals surface area contributed by atoms with Crippen LogP contribution in [0.2, 0.25) is 0 Å². The summed E-state index contributed by atoms with van der Waals surface area (Å²) in [6.45, 7) is 1.44. The van der Waals surface area contributed by atoms with Gasteiger partial charge in [-0.05, 0) is 43.6 Å². The number of carbonyl (C=O) groups is 2. The predicted molar refractivity (Wildman–Crippen MR) is 160 cm³/mol. The van der Waals surface area contributed by atoms with Crippen molar-refractivity contribution in [2.75, 3.05) is 6.61 Å². The summed E-state index contributed by atoms with van der Waals surface area (Å²) in [6.07, 6.45) is 18.2. The highest BCUT2D eigenvalue weighted by Crippen LogP contribution is 2.36. The molecule has 1 saturated carbocycles. The second kappa shape index (κ2) is 19.5. The van der Waals surface area contributed by atoms with Gasteiger partial charge < -0.3 is 29.5 Å². The molecule has 0 heterocycles. The first-order valence-electron chi connectivity index (χ1n) is 14.5. The third kappa shape index (κ3) is 13.4. The van der Waals surface area contributed by atoms with E-state index in [1.165, 1.54) is 6.92 Å². The summed E-state index contributed by atoms with van der Waals surface area (Å²) in [5, 5.41) is 31.3. The zero-order valence-electron chi connectivity index (χ0n) is 24.3. The average Bonchev–Trinajstić information content (AvgIpc) is 3.23. The van der Waals surface area contributed by atoms with Gasteiger partial charge in [0.25, 0.3) is 0 Å². The molecular weight excluding hydrogens is 536 g/mol. The smallest absolute Gasteiger partial charge is 0.434 e. The van der Waals surface area contributed by atoms with Gasteiger partial charge in [0, 0.05) is 44.4 Å². The minimum Gasteiger partial charge on any atom is -0.434 e. The van der Waals surface area contributed by atoms with Gasteiger partial charge in [-0.15, -0.1) is 24.7 Å². The second-order valence-electron chi connectivity index (χ2n) is 10.6. The highest BCUT2D eigenvalue weighted by atomic mass is 16.8. The maximum Gasteiger partial charge on any atom is 0.511 e. The number of aliphatic hydroxyl groups is 3. The molecular formula is C34H44O8. The van der Waals surface area contributed by atoms with Gasteiger partial charge >= 0.3 is 12.1 Å². The van der Waals surface area contributed by atoms with Gasteiger partial charge in [0.05, 0.1) is 24.9 Å². The molecule has 1 unspecified atom stereocenters. The molecule has 1 aromatic carbocycles. The summed E-state index contributed by atoms with van der Waals surface area (Å²) in [5.41, 5.74) is 1.16. The average molecular weight is 581 g/mol. The number of allylic oxidation sites excluding steroid dienone is 2. The standard InChI is InChI=1S/C34H44O8/c1-4-13-27(14-5-2)24-40-34(39)42-25(3)41-33(38)18-12-7-6-11-17-29-30(32(37)23-31(29)36)22-21-28(35)20-19-26-15-9-8-10-16-26/h1-2,6,8-11,15-16,21-22,25,27-32,35-37H,7,12-14,17-20,23-24H2,3H3/b11-6-,22-21+/t25?,28-,29+,30+,31-,32+/m0/s1. The molecule has 0 amide bonds. The number of unbranched alkanes of at least 4 members (excludes halogenated alkanes) is 1. The number of ether oxygens (including phenoxy) is 3. The van der Waals surface area contributed by atoms with Crippen LogP contribution in [-0.2, 0) is 25.4 Å². The van der Waals surface area contributed by atoms with Gasteiger partial charge in [0.15, 0.2) is 0 Å². The molecule has 6 atom stereocenters. The van der Waals surface area contributed by atoms with Crippen molar-refractivity contribution < 1.29 is 39.1 Å². The number of carbonyl (C=O) groups excluding carboxylic acids is 2. The normalized spacial score (nSPS) is 21.6. The topological polar surface area (TPSA) is 123 Å². The van der Waals surface area contributed by atoms with E-state index in [2.05, 4.69) is 11.8 Å². The van der Waals surface area contributed by atoms with Crippen LogP contribution in [0.4, 0.5) is 4.79 Å². The Morgan fingerprint density at radius 1 is 1.07 bits per heavy atom. The van der Waals surface area contributed by atoms with Crippen molar-refractivity contribution in [3.63, 3.8) is 0 Å². The zero-order valence-corrected chi connectivity index (χ0v) is 24.3. The number of hydrogen-bond donors (Lipinski definition) is 3. The quantitative estimate of drug-likeness (QED) is 0.0796. The van der Waals surface area contributed by atoms with E-state index in [4.69, 9.17) is 27.1 Å². The fraction of sp³-hybridized carbons (Fsp3) is 0.529. The summed E-state index contributed by atoms with van der Waals surface area (Å²) in [5.74, 6) is 3.87. The molecule has 0 saturated heterocycles. The lowest BCUT2D eigenvalue weighted by Gasteiger charge is -2.19. The van der Waals surface area contributed by atoms with Crippen LogP contribution in [0.25, 0.3) is 0 Å². The number of hydrogen-bond acceptors (Lipinski definition) is 8. The van der Waals surface area contributed by atoms with Crippen LogP contribution in [0, 0.1) is 42.4 Å². The molecule has 1 aliphatic carbocycles. The third-order valence-electron chi connectivity index (χ3n) is 7.18. The fourth-order valence-electron chi connectivity index (χ4n) is 4.90. The monoisotopic (exact) mass is 580 g/mol. The molecule has 1 aliphatic rings. The molecule has 2 rings (SSSR count). The number of terminal acetylenes is 2. The second-order valence-corrected chi connectivity index (χ2v) is 10.6. The van der Waals surface area contributed by atoms with Crippen LogP contribution in [0.15, 0.2) is 54.6 Å². The molecule has 0 aromatic heterocycles. The van der Waals surface area contributed by atoms with Crippen LogP contribution in [0.1, 0.15) is 63.9 Å². The first-order chi connectivity index (χ1) is 20.2. The maximum absolute atomic E-state index is 12.1. The minimum absolute atomic E-state index is 0.0187. The molecule has 8 nitrogen and oxygen atoms in total. The Balaban J connectivity index is 1.67. The van der Waals surface area contributed by atoms with Gasteiger partial charge in [-0.25, -0.2) is 4.79 Å². The SMILES string of the molecule is C#CCC(CC#C)COC(=O)OC(C)OC(=O)CCC/C=C\C[C@@H]1[C@@H](/C=C/[C@@H](O)CCc2ccccc2)[C@H](O)C[C@@H]1O. The summed E-state index contributed by atoms with van der Waals surface area (Å²) in [6, 6.07) is 9.94. The van der Waals surface area contributed by atoms with Crippen LogP contribution in [0.5, 0.6) is 0 Å². The fourth-order valence-corrected chi connectivity index (χ4v) is 4.90. The highest BCUT2D eigenvalue weighted by molar-refractivity contribution is 5.69. The number of aryl methyl sites for hydroxylation is 1. The summed E-state index contributed by atoms with van der Waals surface area (Å²) in [4.78, 5) is 23.9. The van der Waals surface area contributed by atoms with Gasteiger partial charge in [-0.1, -0.05) is 54.6 Å². The summed E-state index contributed by atoms with van der Waals surface area (Å²) >= 11 is 0. The van der Waals surface area contributed by atoms with E-state index in [1.807, 2.05) is 48.6 Å². The van der Waals surface area contributed by atoms with Crippen LogP contribution in [-0.4, -0.2) is 58.7 Å². The van der Waals surface area contributed by atoms with E-state index in [0.717, 1.165) is 12.0 Å². The Morgan fingerprint density at radius 3 is 2.48 bits per heavy atom. The van der Waals surface area contributed by atoms with Crippen molar-refractivity contribution in [1.29, 1.82) is 0 Å². The zero-order chi connectivity index (χ0) is 30.7. The Morgan fingerprint density at radius 2 is 1.79 bits per heavy atom. The van der Waals surface area contributed by atoms with Gasteiger partial charge in [0.2, 0.25) is 6.29 Å². The predicted octanol–water partition coefficient (Wildman–Crippen LogP) is 4.72. The summed E-state index contributed by atoms with van der Waals surface area (Å²) < 4.78 is 15.0. The lowest BCUT2D eigenvalue weighted by atomic mass is 9.89. The lowest BCUT2D eigenvalue weighted by Crippen LogP contribution is -2.23. The van der Waals surface area contributed by atoms with Crippen molar-refractivity contribution in [3.05, 3.63) is 60.2 Å². The van der Waals surface area contributed by atoms with Crippen molar-refractivity contribution in [1.82, 2.24) is 0 Å². The first kappa shape index (κ1) is 34.6. The van der Waals surface area contributed by atoms with E-state index in [0.29, 0.717) is 44.9 Å². The molecule has 0 radical (unpaired) electrons. The molecule has 0 spiro atoms. The molecule has 1 fully saturated rings. The Hall–Kier alpha value is -3.56. The first-order valence-corrected chi connectivity index (χ1v) is 14.5. The Kier molecular flexibility index (Phi) is 16.1. The van der Waals surface area contributed by atoms with Crippen molar-refractivity contribution >= 4 is 12.1 Å². The number of aliphatic hydroxyl groups excluding tert-OH is 3. The van der Waals surface area contributed by atoms with Gasteiger partial charge in [-0.2, -0.15) is 0 Å². The van der Waals surface area contributed by atoms with Crippen molar-refractivity contribution in [3.8, 4) is 24.7 Å². The number of rotatable bonds is 17. The Bertz CT molecular complexity index is 1070. The molecule has 42 heavy (non-hydrogen) atoms. The molecule has 8 heteroatoms. The Labute approximate surface area is 249 Å². The molecule has 1 aromatic rings. The van der Waals surface area contributed by atoms with Crippen LogP contribution >= 0.6 is 0 Å². The number of benzene rings is 1. The van der Waals surface area contributed by atoms with Crippen LogP contribution in [0.3, 0.4) is 0 Å². The van der Waals surface area contributed by atoms with E-state index in [-0.39, 0.29) is 30.8 Å². The van der Waals surface area contributed by atoms with E-state index in [9.17, 15) is 24.9 Å². The highest BCUT2D eigenvalue weighted by Gasteiger charge is 2.39. The van der Waals surface area contributed by atoms with E-state index >= 15 is 0 Å². The maximum atomic E-state index is 12.1. The van der Waals surface area contributed by atoms with Crippen molar-refractivity contribution in [2.45, 2.75) is 89.3 Å². The van der Waals surface area contributed by atoms with E-state index < -0.39 is 36.7 Å². The largest absolute Gasteiger partial charge is 0.511 e. The molecule has 3 N–H and O–H groups in total. The molecule has 0 aliphatic heterocycles. The van der Waals surface area contributed by atoms with Crippen LogP contribution < -0.4 is 0 Å². The third-order valence-corrected chi connectivity index (χ3v) is 7.18. The van der Waals surface area contributed by atoms with Gasteiger partial charge in [0.1, 0.15) is 0 Å². The number of esters is 1. The summed E-state index contributed by atoms with van der Waals surface area (Å²) in [7, 11) is 0.